The van der Waals surface area contributed by atoms with E-state index in [0.29, 0.717) is 12.5 Å². The van der Waals surface area contributed by atoms with Crippen LogP contribution < -0.4 is 10.1 Å². The van der Waals surface area contributed by atoms with E-state index < -0.39 is 0 Å². The van der Waals surface area contributed by atoms with Crippen molar-refractivity contribution in [2.24, 2.45) is 11.8 Å². The third kappa shape index (κ3) is 4.32. The number of carbonyl (C=O) groups is 2. The lowest BCUT2D eigenvalue weighted by atomic mass is 9.91. The molecule has 0 radical (unpaired) electrons. The predicted molar refractivity (Wildman–Crippen MR) is 114 cm³/mol. The van der Waals surface area contributed by atoms with Crippen LogP contribution in [-0.4, -0.2) is 37.1 Å². The summed E-state index contributed by atoms with van der Waals surface area (Å²) in [5, 5.41) is 4.04. The van der Waals surface area contributed by atoms with Crippen LogP contribution in [0.25, 0.3) is 10.9 Å². The minimum Gasteiger partial charge on any atom is -0.497 e. The molecule has 3 atom stereocenters. The quantitative estimate of drug-likeness (QED) is 0.560. The summed E-state index contributed by atoms with van der Waals surface area (Å²) in [5.74, 6) is 0.464. The number of benzene rings is 2. The Bertz CT molecular complexity index is 1040. The summed E-state index contributed by atoms with van der Waals surface area (Å²) in [6, 6.07) is 15.9. The molecule has 2 N–H and O–H groups in total. The maximum Gasteiger partial charge on any atom is 0.309 e. The lowest BCUT2D eigenvalue weighted by molar-refractivity contribution is -0.150. The Morgan fingerprint density at radius 1 is 1.17 bits per heavy atom. The molecule has 1 amide bonds. The number of nitrogens with one attached hydrogen (secondary N) is 2. The smallest absolute Gasteiger partial charge is 0.309 e. The zero-order valence-corrected chi connectivity index (χ0v) is 17.2. The average Bonchev–Trinajstić information content (AvgIpc) is 3.36. The fourth-order valence-corrected chi connectivity index (χ4v) is 3.79. The lowest BCUT2D eigenvalue weighted by Gasteiger charge is -2.18. The maximum absolute atomic E-state index is 12.3. The van der Waals surface area contributed by atoms with Gasteiger partial charge in [0.1, 0.15) is 5.75 Å². The number of fused-ring (bicyclic) bond motifs is 1. The number of ether oxygens (including phenoxy) is 2. The molecule has 3 aromatic rings. The molecule has 4 rings (SSSR count). The predicted octanol–water partition coefficient (Wildman–Crippen LogP) is 3.62. The molecule has 2 aromatic carbocycles. The molecule has 6 heteroatoms. The molecule has 1 aromatic heterocycles. The summed E-state index contributed by atoms with van der Waals surface area (Å²) in [5.41, 5.74) is 3.20. The number of methoxy groups -OCH3 is 1. The van der Waals surface area contributed by atoms with Crippen LogP contribution in [0, 0.1) is 11.8 Å². The Kier molecular flexibility index (Phi) is 5.74. The number of esters is 1. The lowest BCUT2D eigenvalue weighted by Crippen LogP contribution is -2.32. The van der Waals surface area contributed by atoms with E-state index >= 15 is 0 Å². The Morgan fingerprint density at radius 2 is 1.90 bits per heavy atom. The van der Waals surface area contributed by atoms with Crippen LogP contribution >= 0.6 is 0 Å². The van der Waals surface area contributed by atoms with Gasteiger partial charge in [0.15, 0.2) is 6.61 Å². The van der Waals surface area contributed by atoms with Crippen molar-refractivity contribution in [3.8, 4) is 5.75 Å². The zero-order valence-electron chi connectivity index (χ0n) is 17.2. The molecule has 1 aliphatic carbocycles. The van der Waals surface area contributed by atoms with Crippen molar-refractivity contribution >= 4 is 22.8 Å². The van der Waals surface area contributed by atoms with Gasteiger partial charge in [-0.25, -0.2) is 0 Å². The highest BCUT2D eigenvalue weighted by atomic mass is 16.5. The van der Waals surface area contributed by atoms with Crippen LogP contribution in [0.5, 0.6) is 5.75 Å². The maximum atomic E-state index is 12.3. The summed E-state index contributed by atoms with van der Waals surface area (Å²) >= 11 is 0. The highest BCUT2D eigenvalue weighted by Gasteiger charge is 2.40. The summed E-state index contributed by atoms with van der Waals surface area (Å²) in [4.78, 5) is 27.5. The molecule has 0 bridgehead atoms. The summed E-state index contributed by atoms with van der Waals surface area (Å²) in [6.45, 7) is 2.16. The molecule has 0 spiro atoms. The van der Waals surface area contributed by atoms with Crippen LogP contribution in [0.1, 0.15) is 30.4 Å². The minimum atomic E-state index is -0.296. The van der Waals surface area contributed by atoms with E-state index in [4.69, 9.17) is 9.47 Å². The number of rotatable bonds is 8. The monoisotopic (exact) mass is 406 g/mol. The molecular formula is C24H26N2O4. The van der Waals surface area contributed by atoms with Gasteiger partial charge in [-0.05, 0) is 41.7 Å². The zero-order chi connectivity index (χ0) is 21.1. The van der Waals surface area contributed by atoms with Crippen molar-refractivity contribution in [1.82, 2.24) is 10.3 Å². The van der Waals surface area contributed by atoms with Crippen LogP contribution in [0.2, 0.25) is 0 Å². The number of amides is 1. The van der Waals surface area contributed by atoms with E-state index in [1.54, 1.807) is 7.11 Å². The Labute approximate surface area is 175 Å². The van der Waals surface area contributed by atoms with Crippen molar-refractivity contribution < 1.29 is 19.1 Å². The van der Waals surface area contributed by atoms with Gasteiger partial charge in [-0.2, -0.15) is 0 Å². The first-order valence-corrected chi connectivity index (χ1v) is 10.2. The van der Waals surface area contributed by atoms with E-state index in [2.05, 4.69) is 16.4 Å². The van der Waals surface area contributed by atoms with Gasteiger partial charge in [0.05, 0.1) is 13.0 Å². The number of carbonyl (C=O) groups excluding carboxylic acids is 2. The fourth-order valence-electron chi connectivity index (χ4n) is 3.79. The molecule has 30 heavy (non-hydrogen) atoms. The fraction of sp³-hybridized carbons (Fsp3) is 0.333. The minimum absolute atomic E-state index is 0.0453. The van der Waals surface area contributed by atoms with Crippen LogP contribution in [0.4, 0.5) is 0 Å². The highest BCUT2D eigenvalue weighted by Crippen LogP contribution is 2.38. The van der Waals surface area contributed by atoms with Crippen molar-refractivity contribution in [3.05, 3.63) is 65.9 Å². The number of aromatic amines is 1. The molecule has 1 fully saturated rings. The number of hydrogen-bond acceptors (Lipinski definition) is 4. The molecule has 1 saturated carbocycles. The Morgan fingerprint density at radius 3 is 2.60 bits per heavy atom. The molecule has 6 nitrogen and oxygen atoms in total. The summed E-state index contributed by atoms with van der Waals surface area (Å²) < 4.78 is 10.4. The van der Waals surface area contributed by atoms with Crippen LogP contribution in [0.15, 0.2) is 54.7 Å². The number of hydrogen-bond donors (Lipinski definition) is 2. The molecular weight excluding hydrogens is 380 g/mol. The summed E-state index contributed by atoms with van der Waals surface area (Å²) in [7, 11) is 1.63. The molecule has 0 unspecified atom stereocenters. The van der Waals surface area contributed by atoms with Gasteiger partial charge in [-0.15, -0.1) is 0 Å². The van der Waals surface area contributed by atoms with Crippen molar-refractivity contribution in [1.29, 1.82) is 0 Å². The average molecular weight is 406 g/mol. The Hall–Kier alpha value is -3.28. The normalized spacial score (nSPS) is 18.6. The number of H-pyrrole nitrogens is 1. The third-order valence-corrected chi connectivity index (χ3v) is 5.78. The van der Waals surface area contributed by atoms with Gasteiger partial charge >= 0.3 is 5.97 Å². The van der Waals surface area contributed by atoms with Crippen LogP contribution in [-0.2, 0) is 14.3 Å². The van der Waals surface area contributed by atoms with Crippen molar-refractivity contribution in [2.45, 2.75) is 19.3 Å². The number of para-hydroxylation sites is 1. The molecule has 0 aliphatic heterocycles. The second-order valence-electron chi connectivity index (χ2n) is 7.85. The van der Waals surface area contributed by atoms with Gasteiger partial charge < -0.3 is 19.8 Å². The first-order chi connectivity index (χ1) is 14.6. The first-order valence-electron chi connectivity index (χ1n) is 10.2. The first kappa shape index (κ1) is 20.0. The van der Waals surface area contributed by atoms with E-state index in [-0.39, 0.29) is 30.3 Å². The molecule has 156 valence electrons. The van der Waals surface area contributed by atoms with E-state index in [9.17, 15) is 9.59 Å². The largest absolute Gasteiger partial charge is 0.497 e. The summed E-state index contributed by atoms with van der Waals surface area (Å²) in [6.07, 6.45) is 2.83. The second kappa shape index (κ2) is 8.61. The van der Waals surface area contributed by atoms with Gasteiger partial charge in [0.25, 0.3) is 5.91 Å². The van der Waals surface area contributed by atoms with E-state index in [0.717, 1.165) is 34.2 Å². The van der Waals surface area contributed by atoms with Crippen molar-refractivity contribution in [3.63, 3.8) is 0 Å². The standard InChI is InChI=1S/C24H26N2O4/c1-15-11-19(15)24(28)30-14-23(27)26-12-20(16-7-9-17(29-2)10-8-16)21-13-25-22-6-4-3-5-18(21)22/h3-10,13,15,19-20,25H,11-12,14H2,1-2H3,(H,26,27)/t15-,19-,20+/m1/s1. The highest BCUT2D eigenvalue weighted by molar-refractivity contribution is 5.85. The van der Waals surface area contributed by atoms with Gasteiger partial charge in [0, 0.05) is 29.6 Å². The SMILES string of the molecule is COc1ccc([C@H](CNC(=O)COC(=O)[C@@H]2C[C@H]2C)c2c[nH]c3ccccc23)cc1. The molecule has 1 heterocycles. The molecule has 1 aliphatic rings. The van der Waals surface area contributed by atoms with E-state index in [1.165, 1.54) is 0 Å². The van der Waals surface area contributed by atoms with Gasteiger partial charge in [0.2, 0.25) is 0 Å². The van der Waals surface area contributed by atoms with Gasteiger partial charge in [-0.1, -0.05) is 37.3 Å². The third-order valence-electron chi connectivity index (χ3n) is 5.78. The van der Waals surface area contributed by atoms with Crippen LogP contribution in [0.3, 0.4) is 0 Å². The van der Waals surface area contributed by atoms with Crippen molar-refractivity contribution in [2.75, 3.05) is 20.3 Å². The number of aromatic nitrogens is 1. The van der Waals surface area contributed by atoms with E-state index in [1.807, 2.05) is 55.6 Å². The molecule has 0 saturated heterocycles. The second-order valence-corrected chi connectivity index (χ2v) is 7.85. The van der Waals surface area contributed by atoms with Gasteiger partial charge in [-0.3, -0.25) is 9.59 Å². The Balaban J connectivity index is 1.48. The topological polar surface area (TPSA) is 80.4 Å².